The van der Waals surface area contributed by atoms with Gasteiger partial charge in [-0.3, -0.25) is 13.9 Å². The van der Waals surface area contributed by atoms with Crippen LogP contribution in [0.5, 0.6) is 0 Å². The van der Waals surface area contributed by atoms with E-state index in [-0.39, 0.29) is 17.3 Å². The molecule has 1 rings (SSSR count). The van der Waals surface area contributed by atoms with Crippen molar-refractivity contribution < 1.29 is 0 Å². The van der Waals surface area contributed by atoms with Gasteiger partial charge in [0.25, 0.3) is 5.56 Å². The average Bonchev–Trinajstić information content (AvgIpc) is 2.38. The van der Waals surface area contributed by atoms with Crippen LogP contribution in [0.15, 0.2) is 9.59 Å². The minimum absolute atomic E-state index is 0.0887. The fourth-order valence-electron chi connectivity index (χ4n) is 1.63. The highest BCUT2D eigenvalue weighted by Crippen LogP contribution is 2.15. The number of nitriles is 1. The zero-order valence-corrected chi connectivity index (χ0v) is 12.5. The molecule has 0 aliphatic carbocycles. The van der Waals surface area contributed by atoms with Gasteiger partial charge >= 0.3 is 5.69 Å². The molecule has 110 valence electrons. The third kappa shape index (κ3) is 2.75. The van der Waals surface area contributed by atoms with E-state index in [4.69, 9.17) is 11.0 Å². The van der Waals surface area contributed by atoms with E-state index < -0.39 is 16.8 Å². The maximum atomic E-state index is 11.9. The van der Waals surface area contributed by atoms with Crippen molar-refractivity contribution in [1.82, 2.24) is 9.13 Å². The molecule has 1 atom stereocenters. The van der Waals surface area contributed by atoms with Crippen molar-refractivity contribution in [2.45, 2.75) is 26.3 Å². The number of hydrogen-bond acceptors (Lipinski definition) is 5. The summed E-state index contributed by atoms with van der Waals surface area (Å²) in [6, 6.07) is 1.84. The fourth-order valence-corrected chi connectivity index (χ4v) is 1.63. The number of hydrogen-bond donors (Lipinski definition) is 2. The molecule has 1 aromatic rings. The molecule has 7 heteroatoms. The molecular weight excluding hydrogens is 258 g/mol. The summed E-state index contributed by atoms with van der Waals surface area (Å²) in [5.74, 6) is 0.405. The van der Waals surface area contributed by atoms with Gasteiger partial charge in [0.05, 0.1) is 0 Å². The Labute approximate surface area is 117 Å². The minimum Gasteiger partial charge on any atom is -0.368 e. The predicted molar refractivity (Wildman–Crippen MR) is 77.6 cm³/mol. The van der Waals surface area contributed by atoms with Gasteiger partial charge < -0.3 is 11.1 Å². The molecule has 0 aliphatic heterocycles. The molecule has 0 radical (unpaired) electrons. The summed E-state index contributed by atoms with van der Waals surface area (Å²) in [7, 11) is 2.85. The van der Waals surface area contributed by atoms with Crippen LogP contribution < -0.4 is 22.3 Å². The van der Waals surface area contributed by atoms with Gasteiger partial charge in [0.2, 0.25) is 0 Å². The van der Waals surface area contributed by atoms with Crippen LogP contribution in [-0.2, 0) is 14.1 Å². The van der Waals surface area contributed by atoms with E-state index in [0.717, 1.165) is 4.57 Å². The number of anilines is 1. The van der Waals surface area contributed by atoms with Crippen LogP contribution in [0.1, 0.15) is 26.3 Å². The molecule has 0 saturated carbocycles. The van der Waals surface area contributed by atoms with Crippen molar-refractivity contribution in [3.8, 4) is 6.07 Å². The van der Waals surface area contributed by atoms with E-state index in [0.29, 0.717) is 6.54 Å². The normalized spacial score (nSPS) is 13.9. The molecule has 0 spiro atoms. The first-order valence-electron chi connectivity index (χ1n) is 6.36. The molecule has 0 bridgehead atoms. The van der Waals surface area contributed by atoms with Crippen LogP contribution in [0.3, 0.4) is 0 Å². The Kier molecular flexibility index (Phi) is 4.40. The first kappa shape index (κ1) is 16.0. The van der Waals surface area contributed by atoms with Crippen molar-refractivity contribution in [3.05, 3.63) is 26.4 Å². The third-order valence-electron chi connectivity index (χ3n) is 3.73. The summed E-state index contributed by atoms with van der Waals surface area (Å²) in [5, 5.41) is 12.1. The molecule has 0 fully saturated rings. The smallest absolute Gasteiger partial charge is 0.332 e. The fraction of sp³-hybridized carbons (Fsp3) is 0.615. The topological polar surface area (TPSA) is 106 Å². The SMILES string of the molecule is CC(C)[C@](C)(N)CNc1c(C#N)c(=O)n(C)c(=O)n1C. The van der Waals surface area contributed by atoms with Crippen LogP contribution in [-0.4, -0.2) is 21.2 Å². The largest absolute Gasteiger partial charge is 0.368 e. The summed E-state index contributed by atoms with van der Waals surface area (Å²) in [4.78, 5) is 23.8. The Hall–Kier alpha value is -2.07. The lowest BCUT2D eigenvalue weighted by Crippen LogP contribution is -2.49. The van der Waals surface area contributed by atoms with Gasteiger partial charge in [0.15, 0.2) is 5.56 Å². The van der Waals surface area contributed by atoms with Crippen molar-refractivity contribution in [3.63, 3.8) is 0 Å². The van der Waals surface area contributed by atoms with Crippen molar-refractivity contribution in [2.24, 2.45) is 25.7 Å². The molecule has 0 unspecified atom stereocenters. The quantitative estimate of drug-likeness (QED) is 0.790. The number of nitrogens with zero attached hydrogens (tertiary/aromatic N) is 3. The van der Waals surface area contributed by atoms with E-state index in [9.17, 15) is 9.59 Å². The molecule has 7 nitrogen and oxygen atoms in total. The van der Waals surface area contributed by atoms with E-state index in [2.05, 4.69) is 5.32 Å². The molecule has 0 amide bonds. The Morgan fingerprint density at radius 2 is 1.90 bits per heavy atom. The maximum Gasteiger partial charge on any atom is 0.332 e. The summed E-state index contributed by atoms with van der Waals surface area (Å²) < 4.78 is 2.16. The third-order valence-corrected chi connectivity index (χ3v) is 3.73. The van der Waals surface area contributed by atoms with Crippen LogP contribution in [0.25, 0.3) is 0 Å². The first-order valence-corrected chi connectivity index (χ1v) is 6.36. The van der Waals surface area contributed by atoms with Gasteiger partial charge in [-0.1, -0.05) is 13.8 Å². The van der Waals surface area contributed by atoms with Crippen LogP contribution in [0, 0.1) is 17.2 Å². The highest BCUT2D eigenvalue weighted by Gasteiger charge is 2.24. The molecule has 1 aromatic heterocycles. The van der Waals surface area contributed by atoms with Crippen LogP contribution in [0.4, 0.5) is 5.82 Å². The minimum atomic E-state index is -0.610. The van der Waals surface area contributed by atoms with E-state index in [1.54, 1.807) is 0 Å². The van der Waals surface area contributed by atoms with E-state index in [1.165, 1.54) is 18.7 Å². The second-order valence-corrected chi connectivity index (χ2v) is 5.56. The zero-order valence-electron chi connectivity index (χ0n) is 12.5. The monoisotopic (exact) mass is 279 g/mol. The van der Waals surface area contributed by atoms with Gasteiger partial charge in [-0.2, -0.15) is 5.26 Å². The number of nitrogens with one attached hydrogen (secondary N) is 1. The first-order chi connectivity index (χ1) is 9.13. The molecule has 1 heterocycles. The van der Waals surface area contributed by atoms with Crippen LogP contribution in [0.2, 0.25) is 0 Å². The molecule has 0 saturated heterocycles. The Morgan fingerprint density at radius 3 is 2.35 bits per heavy atom. The van der Waals surface area contributed by atoms with Gasteiger partial charge in [0, 0.05) is 26.2 Å². The zero-order chi connectivity index (χ0) is 15.7. The summed E-state index contributed by atoms with van der Waals surface area (Å²) in [6.45, 7) is 6.18. The number of nitrogens with two attached hydrogens (primary N) is 1. The second-order valence-electron chi connectivity index (χ2n) is 5.56. The highest BCUT2D eigenvalue weighted by molar-refractivity contribution is 5.51. The lowest BCUT2D eigenvalue weighted by atomic mass is 9.90. The van der Waals surface area contributed by atoms with E-state index >= 15 is 0 Å². The Morgan fingerprint density at radius 1 is 1.35 bits per heavy atom. The Bertz CT molecular complexity index is 661. The van der Waals surface area contributed by atoms with E-state index in [1.807, 2.05) is 26.8 Å². The van der Waals surface area contributed by atoms with Crippen molar-refractivity contribution in [1.29, 1.82) is 5.26 Å². The molecule has 0 aliphatic rings. The van der Waals surface area contributed by atoms with Gasteiger partial charge in [0.1, 0.15) is 11.9 Å². The van der Waals surface area contributed by atoms with Crippen molar-refractivity contribution >= 4 is 5.82 Å². The van der Waals surface area contributed by atoms with Gasteiger partial charge in [-0.05, 0) is 12.8 Å². The molecule has 20 heavy (non-hydrogen) atoms. The standard InChI is InChI=1S/C13H21N5O2/c1-8(2)13(3,15)7-16-10-9(6-14)11(19)18(5)12(20)17(10)4/h8,16H,7,15H2,1-5H3/t13-/m1/s1. The molecule has 0 aromatic carbocycles. The predicted octanol–water partition coefficient (Wildman–Crippen LogP) is -0.259. The lowest BCUT2D eigenvalue weighted by molar-refractivity contribution is 0.358. The number of aromatic nitrogens is 2. The highest BCUT2D eigenvalue weighted by atomic mass is 16.2. The summed E-state index contributed by atoms with van der Waals surface area (Å²) in [6.07, 6.45) is 0. The van der Waals surface area contributed by atoms with Gasteiger partial charge in [-0.25, -0.2) is 4.79 Å². The Balaban J connectivity index is 3.31. The summed E-state index contributed by atoms with van der Waals surface area (Å²) in [5.41, 5.74) is 4.43. The second kappa shape index (κ2) is 5.51. The molecule has 3 N–H and O–H groups in total. The molecular formula is C13H21N5O2. The number of rotatable bonds is 4. The lowest BCUT2D eigenvalue weighted by Gasteiger charge is -2.30. The van der Waals surface area contributed by atoms with Gasteiger partial charge in [-0.15, -0.1) is 0 Å². The van der Waals surface area contributed by atoms with Crippen LogP contribution >= 0.6 is 0 Å². The average molecular weight is 279 g/mol. The maximum absolute atomic E-state index is 11.9. The van der Waals surface area contributed by atoms with Crippen molar-refractivity contribution in [2.75, 3.05) is 11.9 Å². The summed E-state index contributed by atoms with van der Waals surface area (Å²) >= 11 is 0.